The van der Waals surface area contributed by atoms with Crippen LogP contribution in [0.1, 0.15) is 32.4 Å². The van der Waals surface area contributed by atoms with Crippen LogP contribution in [-0.4, -0.2) is 23.2 Å². The van der Waals surface area contributed by atoms with Crippen LogP contribution in [0.15, 0.2) is 30.3 Å². The molecule has 0 unspecified atom stereocenters. The average Bonchev–Trinajstić information content (AvgIpc) is 2.45. The third-order valence-corrected chi connectivity index (χ3v) is 3.11. The summed E-state index contributed by atoms with van der Waals surface area (Å²) in [5.74, 6) is 0.694. The Morgan fingerprint density at radius 3 is 2.29 bits per heavy atom. The van der Waals surface area contributed by atoms with Gasteiger partial charge in [-0.1, -0.05) is 24.3 Å². The van der Waals surface area contributed by atoms with Crippen LogP contribution in [-0.2, 0) is 4.74 Å². The quantitative estimate of drug-likeness (QED) is 0.914. The van der Waals surface area contributed by atoms with Crippen LogP contribution < -0.4 is 10.5 Å². The summed E-state index contributed by atoms with van der Waals surface area (Å²) in [6, 6.07) is 9.82. The molecule has 2 aromatic rings. The summed E-state index contributed by atoms with van der Waals surface area (Å²) in [4.78, 5) is 8.34. The molecular formula is C16H21N3O2. The maximum Gasteiger partial charge on any atom is 0.223 e. The number of aromatic nitrogens is 2. The summed E-state index contributed by atoms with van der Waals surface area (Å²) in [5.41, 5.74) is 8.57. The van der Waals surface area contributed by atoms with Gasteiger partial charge in [-0.2, -0.15) is 4.98 Å². The Bertz CT molecular complexity index is 597. The van der Waals surface area contributed by atoms with Crippen molar-refractivity contribution in [1.82, 2.24) is 9.97 Å². The van der Waals surface area contributed by atoms with E-state index in [1.807, 2.05) is 45.0 Å². The van der Waals surface area contributed by atoms with E-state index in [1.165, 1.54) is 0 Å². The molecule has 2 N–H and O–H groups in total. The Kier molecular flexibility index (Phi) is 4.75. The average molecular weight is 287 g/mol. The van der Waals surface area contributed by atoms with E-state index >= 15 is 0 Å². The van der Waals surface area contributed by atoms with Crippen LogP contribution in [0.4, 0.5) is 5.95 Å². The molecule has 0 radical (unpaired) electrons. The molecule has 0 bridgehead atoms. The molecule has 0 aliphatic carbocycles. The van der Waals surface area contributed by atoms with Crippen molar-refractivity contribution in [3.63, 3.8) is 0 Å². The zero-order chi connectivity index (χ0) is 15.4. The van der Waals surface area contributed by atoms with Crippen LogP contribution in [0, 0.1) is 0 Å². The lowest BCUT2D eigenvalue weighted by Crippen LogP contribution is -2.08. The van der Waals surface area contributed by atoms with Gasteiger partial charge < -0.3 is 15.2 Å². The van der Waals surface area contributed by atoms with E-state index in [1.54, 1.807) is 13.2 Å². The van der Waals surface area contributed by atoms with E-state index in [-0.39, 0.29) is 18.2 Å². The minimum Gasteiger partial charge on any atom is -0.475 e. The Hall–Kier alpha value is -2.14. The lowest BCUT2D eigenvalue weighted by atomic mass is 10.1. The molecule has 1 heterocycles. The van der Waals surface area contributed by atoms with Crippen molar-refractivity contribution < 1.29 is 9.47 Å². The van der Waals surface area contributed by atoms with Gasteiger partial charge in [0.2, 0.25) is 11.8 Å². The lowest BCUT2D eigenvalue weighted by molar-refractivity contribution is 0.119. The normalized spacial score (nSPS) is 12.4. The molecule has 0 aliphatic rings. The Morgan fingerprint density at radius 1 is 1.05 bits per heavy atom. The molecule has 1 atom stereocenters. The molecule has 21 heavy (non-hydrogen) atoms. The molecule has 0 spiro atoms. The topological polar surface area (TPSA) is 70.3 Å². The highest BCUT2D eigenvalue weighted by molar-refractivity contribution is 5.61. The number of hydrogen-bond donors (Lipinski definition) is 1. The fourth-order valence-electron chi connectivity index (χ4n) is 1.95. The van der Waals surface area contributed by atoms with Crippen molar-refractivity contribution in [2.75, 3.05) is 12.8 Å². The number of nitrogen functional groups attached to an aromatic ring is 1. The van der Waals surface area contributed by atoms with Crippen molar-refractivity contribution in [3.8, 4) is 17.1 Å². The van der Waals surface area contributed by atoms with Crippen LogP contribution in [0.2, 0.25) is 0 Å². The summed E-state index contributed by atoms with van der Waals surface area (Å²) in [7, 11) is 1.69. The van der Waals surface area contributed by atoms with E-state index in [4.69, 9.17) is 15.2 Å². The van der Waals surface area contributed by atoms with Crippen molar-refractivity contribution >= 4 is 5.95 Å². The maximum absolute atomic E-state index is 5.75. The van der Waals surface area contributed by atoms with Crippen LogP contribution in [0.25, 0.3) is 11.3 Å². The molecule has 5 nitrogen and oxygen atoms in total. The number of rotatable bonds is 5. The van der Waals surface area contributed by atoms with E-state index in [0.717, 1.165) is 16.8 Å². The number of ether oxygens (including phenoxy) is 2. The Labute approximate surface area is 125 Å². The molecule has 0 fully saturated rings. The van der Waals surface area contributed by atoms with Gasteiger partial charge in [-0.25, -0.2) is 4.98 Å². The van der Waals surface area contributed by atoms with Gasteiger partial charge in [0, 0.05) is 18.7 Å². The Morgan fingerprint density at radius 2 is 1.71 bits per heavy atom. The minimum atomic E-state index is 0.0390. The first-order chi connectivity index (χ1) is 9.99. The zero-order valence-corrected chi connectivity index (χ0v) is 12.8. The molecule has 2 rings (SSSR count). The second-order valence-corrected chi connectivity index (χ2v) is 5.12. The maximum atomic E-state index is 5.75. The number of nitrogens with zero attached hydrogens (tertiary/aromatic N) is 2. The highest BCUT2D eigenvalue weighted by Crippen LogP contribution is 2.24. The summed E-state index contributed by atoms with van der Waals surface area (Å²) in [6.07, 6.45) is 0.103. The molecule has 0 saturated heterocycles. The molecular weight excluding hydrogens is 266 g/mol. The van der Waals surface area contributed by atoms with Gasteiger partial charge in [0.05, 0.1) is 17.9 Å². The van der Waals surface area contributed by atoms with Crippen molar-refractivity contribution in [3.05, 3.63) is 35.9 Å². The van der Waals surface area contributed by atoms with Crippen LogP contribution >= 0.6 is 0 Å². The van der Waals surface area contributed by atoms with Crippen molar-refractivity contribution in [1.29, 1.82) is 0 Å². The van der Waals surface area contributed by atoms with Gasteiger partial charge in [-0.15, -0.1) is 0 Å². The first-order valence-corrected chi connectivity index (χ1v) is 6.94. The van der Waals surface area contributed by atoms with Gasteiger partial charge in [-0.3, -0.25) is 0 Å². The van der Waals surface area contributed by atoms with Gasteiger partial charge in [0.15, 0.2) is 0 Å². The first kappa shape index (κ1) is 15.3. The molecule has 0 aliphatic heterocycles. The van der Waals surface area contributed by atoms with Gasteiger partial charge in [-0.05, 0) is 26.3 Å². The van der Waals surface area contributed by atoms with Gasteiger partial charge >= 0.3 is 0 Å². The predicted octanol–water partition coefficient (Wildman–Crippen LogP) is 3.22. The van der Waals surface area contributed by atoms with E-state index < -0.39 is 0 Å². The smallest absolute Gasteiger partial charge is 0.223 e. The molecule has 0 amide bonds. The highest BCUT2D eigenvalue weighted by atomic mass is 16.5. The fraction of sp³-hybridized carbons (Fsp3) is 0.375. The van der Waals surface area contributed by atoms with Crippen LogP contribution in [0.5, 0.6) is 5.88 Å². The minimum absolute atomic E-state index is 0.0390. The molecule has 1 aromatic carbocycles. The van der Waals surface area contributed by atoms with Crippen LogP contribution in [0.3, 0.4) is 0 Å². The van der Waals surface area contributed by atoms with Gasteiger partial charge in [0.25, 0.3) is 0 Å². The van der Waals surface area contributed by atoms with E-state index in [2.05, 4.69) is 9.97 Å². The zero-order valence-electron chi connectivity index (χ0n) is 12.8. The largest absolute Gasteiger partial charge is 0.475 e. The van der Waals surface area contributed by atoms with E-state index in [0.29, 0.717) is 5.88 Å². The second kappa shape index (κ2) is 6.54. The molecule has 0 saturated carbocycles. The molecule has 5 heteroatoms. The standard InChI is InChI=1S/C16H21N3O2/c1-10(2)21-15-9-14(18-16(17)19-15)13-7-5-12(6-8-13)11(3)20-4/h5-11H,1-4H3,(H2,17,18,19)/t11-/m1/s1. The number of nitrogens with two attached hydrogens (primary N) is 1. The number of hydrogen-bond acceptors (Lipinski definition) is 5. The predicted molar refractivity (Wildman–Crippen MR) is 83.1 cm³/mol. The second-order valence-electron chi connectivity index (χ2n) is 5.12. The third kappa shape index (κ3) is 3.92. The third-order valence-electron chi connectivity index (χ3n) is 3.11. The Balaban J connectivity index is 2.30. The monoisotopic (exact) mass is 287 g/mol. The van der Waals surface area contributed by atoms with Crippen molar-refractivity contribution in [2.45, 2.75) is 33.0 Å². The van der Waals surface area contributed by atoms with E-state index in [9.17, 15) is 0 Å². The number of benzene rings is 1. The summed E-state index contributed by atoms with van der Waals surface area (Å²) in [5, 5.41) is 0. The fourth-order valence-corrected chi connectivity index (χ4v) is 1.95. The summed E-state index contributed by atoms with van der Waals surface area (Å²) in [6.45, 7) is 5.89. The lowest BCUT2D eigenvalue weighted by Gasteiger charge is -2.12. The van der Waals surface area contributed by atoms with Crippen molar-refractivity contribution in [2.24, 2.45) is 0 Å². The summed E-state index contributed by atoms with van der Waals surface area (Å²) >= 11 is 0. The highest BCUT2D eigenvalue weighted by Gasteiger charge is 2.09. The number of methoxy groups -OCH3 is 1. The summed E-state index contributed by atoms with van der Waals surface area (Å²) < 4.78 is 10.9. The SMILES string of the molecule is CO[C@H](C)c1ccc(-c2cc(OC(C)C)nc(N)n2)cc1. The molecule has 1 aromatic heterocycles. The van der Waals surface area contributed by atoms with Gasteiger partial charge in [0.1, 0.15) is 0 Å². The number of anilines is 1. The molecule has 112 valence electrons. The first-order valence-electron chi connectivity index (χ1n) is 6.94.